The summed E-state index contributed by atoms with van der Waals surface area (Å²) in [6.07, 6.45) is 6.92. The number of amides is 1. The van der Waals surface area contributed by atoms with Gasteiger partial charge < -0.3 is 10.6 Å². The van der Waals surface area contributed by atoms with Crippen LogP contribution in [0.25, 0.3) is 5.82 Å². The molecule has 0 saturated carbocycles. The predicted molar refractivity (Wildman–Crippen MR) is 80.3 cm³/mol. The maximum absolute atomic E-state index is 12.0. The van der Waals surface area contributed by atoms with Gasteiger partial charge in [0.1, 0.15) is 11.6 Å². The molecule has 6 heteroatoms. The number of carbonyl (C=O) groups excluding carboxylic acids is 1. The quantitative estimate of drug-likeness (QED) is 0.893. The fraction of sp³-hybridized carbons (Fsp3) is 0.400. The van der Waals surface area contributed by atoms with E-state index in [1.807, 2.05) is 29.8 Å². The molecular weight excluding hydrogens is 266 g/mol. The molecule has 0 bridgehead atoms. The van der Waals surface area contributed by atoms with Crippen molar-refractivity contribution in [3.63, 3.8) is 0 Å². The summed E-state index contributed by atoms with van der Waals surface area (Å²) in [6, 6.07) is 3.74. The van der Waals surface area contributed by atoms with Crippen LogP contribution in [0.4, 0.5) is 5.69 Å². The number of nitrogens with zero attached hydrogens (tertiary/aromatic N) is 3. The molecule has 2 N–H and O–H groups in total. The average Bonchev–Trinajstić information content (AvgIpc) is 3.11. The molecule has 6 nitrogen and oxygen atoms in total. The second-order valence-corrected chi connectivity index (χ2v) is 5.36. The van der Waals surface area contributed by atoms with E-state index in [4.69, 9.17) is 0 Å². The Hall–Kier alpha value is -2.21. The SMILES string of the molecule is Cc1nccn1-c1ccc(NC(=O)CC2CCNC2)cn1. The highest BCUT2D eigenvalue weighted by molar-refractivity contribution is 5.90. The van der Waals surface area contributed by atoms with E-state index >= 15 is 0 Å². The van der Waals surface area contributed by atoms with Crippen LogP contribution in [-0.4, -0.2) is 33.5 Å². The zero-order valence-electron chi connectivity index (χ0n) is 12.0. The van der Waals surface area contributed by atoms with Gasteiger partial charge in [-0.2, -0.15) is 0 Å². The van der Waals surface area contributed by atoms with E-state index in [2.05, 4.69) is 20.6 Å². The van der Waals surface area contributed by atoms with E-state index in [-0.39, 0.29) is 5.91 Å². The van der Waals surface area contributed by atoms with Crippen molar-refractivity contribution in [2.45, 2.75) is 19.8 Å². The van der Waals surface area contributed by atoms with Crippen LogP contribution in [0.5, 0.6) is 0 Å². The van der Waals surface area contributed by atoms with Gasteiger partial charge in [-0.1, -0.05) is 0 Å². The first-order valence-electron chi connectivity index (χ1n) is 7.19. The van der Waals surface area contributed by atoms with Crippen molar-refractivity contribution in [2.75, 3.05) is 18.4 Å². The summed E-state index contributed by atoms with van der Waals surface area (Å²) >= 11 is 0. The molecule has 2 aromatic rings. The summed E-state index contributed by atoms with van der Waals surface area (Å²) in [5.74, 6) is 2.18. The summed E-state index contributed by atoms with van der Waals surface area (Å²) in [6.45, 7) is 3.87. The predicted octanol–water partition coefficient (Wildman–Crippen LogP) is 1.51. The molecular formula is C15H19N5O. The minimum atomic E-state index is 0.0528. The maximum atomic E-state index is 12.0. The lowest BCUT2D eigenvalue weighted by atomic mass is 10.0. The fourth-order valence-corrected chi connectivity index (χ4v) is 2.59. The molecule has 1 amide bonds. The molecule has 0 aromatic carbocycles. The van der Waals surface area contributed by atoms with E-state index in [0.717, 1.165) is 36.8 Å². The fourth-order valence-electron chi connectivity index (χ4n) is 2.59. The molecule has 3 heterocycles. The number of aromatic nitrogens is 3. The summed E-state index contributed by atoms with van der Waals surface area (Å²) in [4.78, 5) is 20.5. The van der Waals surface area contributed by atoms with Gasteiger partial charge in [0.15, 0.2) is 0 Å². The number of nitrogens with one attached hydrogen (secondary N) is 2. The Bertz CT molecular complexity index is 613. The monoisotopic (exact) mass is 285 g/mol. The molecule has 0 spiro atoms. The molecule has 1 saturated heterocycles. The number of imidazole rings is 1. The molecule has 2 aromatic heterocycles. The van der Waals surface area contributed by atoms with E-state index in [0.29, 0.717) is 12.3 Å². The van der Waals surface area contributed by atoms with Crippen LogP contribution in [0.2, 0.25) is 0 Å². The summed E-state index contributed by atoms with van der Waals surface area (Å²) in [5, 5.41) is 6.17. The van der Waals surface area contributed by atoms with E-state index in [9.17, 15) is 4.79 Å². The molecule has 1 atom stereocenters. The molecule has 1 fully saturated rings. The maximum Gasteiger partial charge on any atom is 0.224 e. The van der Waals surface area contributed by atoms with Crippen molar-refractivity contribution >= 4 is 11.6 Å². The average molecular weight is 285 g/mol. The second kappa shape index (κ2) is 6.05. The van der Waals surface area contributed by atoms with Crippen molar-refractivity contribution in [2.24, 2.45) is 5.92 Å². The van der Waals surface area contributed by atoms with Crippen LogP contribution in [0.3, 0.4) is 0 Å². The molecule has 0 aliphatic carbocycles. The number of hydrogen-bond acceptors (Lipinski definition) is 4. The normalized spacial score (nSPS) is 17.9. The Morgan fingerprint density at radius 2 is 2.38 bits per heavy atom. The van der Waals surface area contributed by atoms with Crippen LogP contribution in [0, 0.1) is 12.8 Å². The van der Waals surface area contributed by atoms with E-state index in [1.165, 1.54) is 0 Å². The van der Waals surface area contributed by atoms with Gasteiger partial charge in [0, 0.05) is 18.8 Å². The third kappa shape index (κ3) is 3.28. The van der Waals surface area contributed by atoms with E-state index < -0.39 is 0 Å². The number of carbonyl (C=O) groups is 1. The Morgan fingerprint density at radius 1 is 1.48 bits per heavy atom. The summed E-state index contributed by atoms with van der Waals surface area (Å²) in [7, 11) is 0. The third-order valence-corrected chi connectivity index (χ3v) is 3.74. The standard InChI is InChI=1S/C15H19N5O/c1-11-17-6-7-20(11)14-3-2-13(10-18-14)19-15(21)8-12-4-5-16-9-12/h2-3,6-7,10,12,16H,4-5,8-9H2,1H3,(H,19,21). The molecule has 1 aliphatic heterocycles. The lowest BCUT2D eigenvalue weighted by molar-refractivity contribution is -0.116. The first-order valence-corrected chi connectivity index (χ1v) is 7.19. The highest BCUT2D eigenvalue weighted by atomic mass is 16.1. The van der Waals surface area contributed by atoms with Crippen molar-refractivity contribution in [3.05, 3.63) is 36.5 Å². The van der Waals surface area contributed by atoms with Gasteiger partial charge in [-0.15, -0.1) is 0 Å². The minimum Gasteiger partial charge on any atom is -0.325 e. The highest BCUT2D eigenvalue weighted by Gasteiger charge is 2.18. The number of hydrogen-bond donors (Lipinski definition) is 2. The Kier molecular flexibility index (Phi) is 3.96. The number of rotatable bonds is 4. The minimum absolute atomic E-state index is 0.0528. The first-order chi connectivity index (χ1) is 10.2. The van der Waals surface area contributed by atoms with Gasteiger partial charge in [-0.3, -0.25) is 9.36 Å². The zero-order chi connectivity index (χ0) is 14.7. The number of anilines is 1. The number of aryl methyl sites for hydroxylation is 1. The van der Waals surface area contributed by atoms with Crippen LogP contribution >= 0.6 is 0 Å². The topological polar surface area (TPSA) is 71.8 Å². The van der Waals surface area contributed by atoms with Gasteiger partial charge in [0.2, 0.25) is 5.91 Å². The lowest BCUT2D eigenvalue weighted by Gasteiger charge is -2.10. The highest BCUT2D eigenvalue weighted by Crippen LogP contribution is 2.15. The molecule has 0 radical (unpaired) electrons. The molecule has 1 unspecified atom stereocenters. The van der Waals surface area contributed by atoms with Crippen LogP contribution in [-0.2, 0) is 4.79 Å². The molecule has 1 aliphatic rings. The number of pyridine rings is 1. The summed E-state index contributed by atoms with van der Waals surface area (Å²) in [5.41, 5.74) is 0.729. The Labute approximate surface area is 123 Å². The second-order valence-electron chi connectivity index (χ2n) is 5.36. The van der Waals surface area contributed by atoms with Crippen LogP contribution < -0.4 is 10.6 Å². The Morgan fingerprint density at radius 3 is 3.00 bits per heavy atom. The largest absolute Gasteiger partial charge is 0.325 e. The Balaban J connectivity index is 1.61. The molecule has 110 valence electrons. The van der Waals surface area contributed by atoms with Gasteiger partial charge in [-0.25, -0.2) is 9.97 Å². The zero-order valence-corrected chi connectivity index (χ0v) is 12.0. The van der Waals surface area contributed by atoms with Gasteiger partial charge in [0.25, 0.3) is 0 Å². The molecule has 3 rings (SSSR count). The van der Waals surface area contributed by atoms with Crippen molar-refractivity contribution in [1.29, 1.82) is 0 Å². The van der Waals surface area contributed by atoms with Crippen molar-refractivity contribution < 1.29 is 4.79 Å². The van der Waals surface area contributed by atoms with Crippen LogP contribution in [0.1, 0.15) is 18.7 Å². The third-order valence-electron chi connectivity index (χ3n) is 3.74. The first kappa shape index (κ1) is 13.8. The van der Waals surface area contributed by atoms with Crippen LogP contribution in [0.15, 0.2) is 30.7 Å². The van der Waals surface area contributed by atoms with Gasteiger partial charge in [-0.05, 0) is 44.5 Å². The summed E-state index contributed by atoms with van der Waals surface area (Å²) < 4.78 is 1.90. The lowest BCUT2D eigenvalue weighted by Crippen LogP contribution is -2.18. The van der Waals surface area contributed by atoms with E-state index in [1.54, 1.807) is 12.4 Å². The molecule has 21 heavy (non-hydrogen) atoms. The van der Waals surface area contributed by atoms with Crippen molar-refractivity contribution in [3.8, 4) is 5.82 Å². The van der Waals surface area contributed by atoms with Gasteiger partial charge >= 0.3 is 0 Å². The van der Waals surface area contributed by atoms with Gasteiger partial charge in [0.05, 0.1) is 11.9 Å². The smallest absolute Gasteiger partial charge is 0.224 e. The van der Waals surface area contributed by atoms with Crippen molar-refractivity contribution in [1.82, 2.24) is 19.9 Å².